The number of rotatable bonds is 10. The topological polar surface area (TPSA) is 83.3 Å². The zero-order valence-corrected chi connectivity index (χ0v) is 23.4. The lowest BCUT2D eigenvalue weighted by Gasteiger charge is -2.34. The normalized spacial score (nSPS) is 13.0. The van der Waals surface area contributed by atoms with Crippen LogP contribution in [-0.4, -0.2) is 32.5 Å². The highest BCUT2D eigenvalue weighted by atomic mass is 16.4. The fraction of sp³-hybridized carbons (Fsp3) is 0.469. The molecule has 1 heterocycles. The van der Waals surface area contributed by atoms with E-state index in [0.29, 0.717) is 11.3 Å². The van der Waals surface area contributed by atoms with Crippen molar-refractivity contribution in [1.29, 1.82) is 0 Å². The Kier molecular flexibility index (Phi) is 8.91. The molecule has 1 unspecified atom stereocenters. The van der Waals surface area contributed by atoms with Crippen LogP contribution in [0.5, 0.6) is 0 Å². The minimum Gasteiger partial charge on any atom is -0.481 e. The molecule has 0 spiro atoms. The van der Waals surface area contributed by atoms with E-state index in [4.69, 9.17) is 5.11 Å². The average Bonchev–Trinajstić information content (AvgIpc) is 2.83. The zero-order chi connectivity index (χ0) is 27.4. The zero-order valence-electron chi connectivity index (χ0n) is 23.4. The van der Waals surface area contributed by atoms with Crippen LogP contribution in [0.25, 0.3) is 11.3 Å². The molecule has 0 bridgehead atoms. The summed E-state index contributed by atoms with van der Waals surface area (Å²) in [6.45, 7) is 15.0. The van der Waals surface area contributed by atoms with E-state index in [0.717, 1.165) is 36.8 Å². The Bertz CT molecular complexity index is 1240. The van der Waals surface area contributed by atoms with Crippen molar-refractivity contribution in [3.63, 3.8) is 0 Å². The minimum atomic E-state index is -0.881. The van der Waals surface area contributed by atoms with Crippen molar-refractivity contribution in [2.75, 3.05) is 0 Å². The van der Waals surface area contributed by atoms with Crippen LogP contribution in [-0.2, 0) is 23.1 Å². The number of aromatic nitrogens is 2. The number of carboxylic acids is 1. The van der Waals surface area contributed by atoms with Crippen LogP contribution in [0, 0.1) is 19.3 Å². The molecule has 2 aromatic carbocycles. The van der Waals surface area contributed by atoms with Crippen LogP contribution < -0.4 is 0 Å². The highest BCUT2D eigenvalue weighted by Gasteiger charge is 2.31. The smallest absolute Gasteiger partial charge is 0.307 e. The Morgan fingerprint density at radius 2 is 1.57 bits per heavy atom. The molecule has 0 saturated heterocycles. The van der Waals surface area contributed by atoms with Gasteiger partial charge in [0, 0.05) is 11.0 Å². The number of hydrogen-bond acceptors (Lipinski definition) is 4. The summed E-state index contributed by atoms with van der Waals surface area (Å²) in [6.07, 6.45) is 4.68. The molecule has 0 aliphatic heterocycles. The van der Waals surface area contributed by atoms with Gasteiger partial charge in [0.25, 0.3) is 0 Å². The first kappa shape index (κ1) is 28.5. The Morgan fingerprint density at radius 1 is 0.946 bits per heavy atom. The standard InChI is InChI=1S/C32H42N2O3/c1-8-32(9-2,25-12-10-24(21(3)16-25)11-15-29(35)31(5,6)7)26-13-14-27(22(4)17-26)28-18-23(19-30(36)37)20-33-34-28/h10,12-14,16-18,20,29,35H,8-9,11,15,19H2,1-7H3,(H,36,37). The van der Waals surface area contributed by atoms with E-state index in [9.17, 15) is 9.90 Å². The highest BCUT2D eigenvalue weighted by Crippen LogP contribution is 2.41. The largest absolute Gasteiger partial charge is 0.481 e. The molecular formula is C32H42N2O3. The van der Waals surface area contributed by atoms with Gasteiger partial charge in [0.05, 0.1) is 24.4 Å². The van der Waals surface area contributed by atoms with Gasteiger partial charge in [-0.2, -0.15) is 10.2 Å². The molecule has 0 radical (unpaired) electrons. The molecule has 3 aromatic rings. The predicted molar refractivity (Wildman–Crippen MR) is 150 cm³/mol. The number of aliphatic hydroxyl groups is 1. The fourth-order valence-electron chi connectivity index (χ4n) is 5.29. The molecule has 2 N–H and O–H groups in total. The predicted octanol–water partition coefficient (Wildman–Crippen LogP) is 6.83. The lowest BCUT2D eigenvalue weighted by atomic mass is 9.69. The van der Waals surface area contributed by atoms with Gasteiger partial charge in [-0.05, 0) is 84.4 Å². The molecular weight excluding hydrogens is 460 g/mol. The number of aryl methyl sites for hydroxylation is 3. The Balaban J connectivity index is 1.94. The molecule has 0 amide bonds. The highest BCUT2D eigenvalue weighted by molar-refractivity contribution is 5.71. The van der Waals surface area contributed by atoms with E-state index < -0.39 is 5.97 Å². The monoisotopic (exact) mass is 502 g/mol. The Morgan fingerprint density at radius 3 is 2.11 bits per heavy atom. The van der Waals surface area contributed by atoms with Crippen LogP contribution in [0.1, 0.15) is 87.3 Å². The number of carboxylic acid groups (broad SMARTS) is 1. The number of aliphatic carboxylic acids is 1. The molecule has 37 heavy (non-hydrogen) atoms. The number of carbonyl (C=O) groups is 1. The van der Waals surface area contributed by atoms with Crippen LogP contribution in [0.2, 0.25) is 0 Å². The van der Waals surface area contributed by atoms with Gasteiger partial charge in [0.2, 0.25) is 0 Å². The van der Waals surface area contributed by atoms with E-state index in [1.807, 2.05) is 6.07 Å². The summed E-state index contributed by atoms with van der Waals surface area (Å²) in [4.78, 5) is 11.1. The van der Waals surface area contributed by atoms with Gasteiger partial charge in [-0.25, -0.2) is 0 Å². The van der Waals surface area contributed by atoms with E-state index in [1.54, 1.807) is 0 Å². The summed E-state index contributed by atoms with van der Waals surface area (Å²) in [6, 6.07) is 15.2. The second-order valence-corrected chi connectivity index (χ2v) is 11.4. The van der Waals surface area contributed by atoms with Crippen LogP contribution >= 0.6 is 0 Å². The summed E-state index contributed by atoms with van der Waals surface area (Å²) >= 11 is 0. The summed E-state index contributed by atoms with van der Waals surface area (Å²) < 4.78 is 0. The maximum absolute atomic E-state index is 11.1. The number of benzene rings is 2. The lowest BCUT2D eigenvalue weighted by Crippen LogP contribution is -2.27. The first-order valence-corrected chi connectivity index (χ1v) is 13.3. The minimum absolute atomic E-state index is 0.0705. The molecule has 0 saturated carbocycles. The quantitative estimate of drug-likeness (QED) is 0.317. The van der Waals surface area contributed by atoms with E-state index in [1.165, 1.54) is 28.5 Å². The first-order valence-electron chi connectivity index (χ1n) is 13.3. The van der Waals surface area contributed by atoms with E-state index >= 15 is 0 Å². The second kappa shape index (κ2) is 11.6. The maximum atomic E-state index is 11.1. The van der Waals surface area contributed by atoms with Crippen molar-refractivity contribution in [2.45, 2.75) is 92.1 Å². The van der Waals surface area contributed by atoms with Crippen LogP contribution in [0.3, 0.4) is 0 Å². The van der Waals surface area contributed by atoms with Gasteiger partial charge < -0.3 is 10.2 Å². The number of nitrogens with zero attached hydrogens (tertiary/aromatic N) is 2. The van der Waals surface area contributed by atoms with Crippen LogP contribution in [0.15, 0.2) is 48.7 Å². The molecule has 5 nitrogen and oxygen atoms in total. The van der Waals surface area contributed by atoms with Crippen LogP contribution in [0.4, 0.5) is 0 Å². The number of hydrogen-bond donors (Lipinski definition) is 2. The molecule has 5 heteroatoms. The van der Waals surface area contributed by atoms with E-state index in [2.05, 4.69) is 95.1 Å². The van der Waals surface area contributed by atoms with Gasteiger partial charge >= 0.3 is 5.97 Å². The summed E-state index contributed by atoms with van der Waals surface area (Å²) in [5.74, 6) is -0.881. The van der Waals surface area contributed by atoms with Crippen molar-refractivity contribution < 1.29 is 15.0 Å². The van der Waals surface area contributed by atoms with Gasteiger partial charge in [-0.1, -0.05) is 71.0 Å². The Labute approximate surface area is 222 Å². The number of aliphatic hydroxyl groups excluding tert-OH is 1. The van der Waals surface area contributed by atoms with Crippen molar-refractivity contribution in [3.8, 4) is 11.3 Å². The molecule has 1 aromatic heterocycles. The first-order chi connectivity index (χ1) is 17.4. The molecule has 1 atom stereocenters. The third-order valence-electron chi connectivity index (χ3n) is 7.91. The van der Waals surface area contributed by atoms with Gasteiger partial charge in [-0.15, -0.1) is 0 Å². The summed E-state index contributed by atoms with van der Waals surface area (Å²) in [7, 11) is 0. The van der Waals surface area contributed by atoms with E-state index in [-0.39, 0.29) is 23.4 Å². The van der Waals surface area contributed by atoms with Gasteiger partial charge in [-0.3, -0.25) is 4.79 Å². The second-order valence-electron chi connectivity index (χ2n) is 11.4. The van der Waals surface area contributed by atoms with Crippen molar-refractivity contribution in [1.82, 2.24) is 10.2 Å². The lowest BCUT2D eigenvalue weighted by molar-refractivity contribution is -0.136. The molecule has 0 aliphatic rings. The third-order valence-corrected chi connectivity index (χ3v) is 7.91. The molecule has 0 fully saturated rings. The van der Waals surface area contributed by atoms with Gasteiger partial charge in [0.1, 0.15) is 0 Å². The SMILES string of the molecule is CCC(CC)(c1ccc(CCC(O)C(C)(C)C)c(C)c1)c1ccc(-c2cc(CC(=O)O)cnn2)c(C)c1. The van der Waals surface area contributed by atoms with Crippen molar-refractivity contribution >= 4 is 5.97 Å². The Hall–Kier alpha value is -3.05. The molecule has 0 aliphatic carbocycles. The average molecular weight is 503 g/mol. The summed E-state index contributed by atoms with van der Waals surface area (Å²) in [5, 5.41) is 27.9. The third kappa shape index (κ3) is 6.45. The van der Waals surface area contributed by atoms with Gasteiger partial charge in [0.15, 0.2) is 0 Å². The fourth-order valence-corrected chi connectivity index (χ4v) is 5.29. The maximum Gasteiger partial charge on any atom is 0.307 e. The van der Waals surface area contributed by atoms with Crippen molar-refractivity contribution in [3.05, 3.63) is 82.0 Å². The summed E-state index contributed by atoms with van der Waals surface area (Å²) in [5.41, 5.74) is 8.30. The van der Waals surface area contributed by atoms with Crippen molar-refractivity contribution in [2.24, 2.45) is 5.41 Å². The molecule has 198 valence electrons. The molecule has 3 rings (SSSR count).